The van der Waals surface area contributed by atoms with Crippen LogP contribution in [0.1, 0.15) is 0 Å². The first kappa shape index (κ1) is 28.0. The van der Waals surface area contributed by atoms with Gasteiger partial charge in [-0.2, -0.15) is 31.3 Å². The minimum absolute atomic E-state index is 0.00517. The Morgan fingerprint density at radius 3 is 2.31 bits per heavy atom. The molecule has 2 aromatic heterocycles. The first-order chi connectivity index (χ1) is 16.7. The van der Waals surface area contributed by atoms with Crippen molar-refractivity contribution in [2.45, 2.75) is 28.8 Å². The summed E-state index contributed by atoms with van der Waals surface area (Å²) in [4.78, 5) is 12.9. The number of rotatable bonds is 11. The molecule has 1 aromatic carbocycles. The molecule has 2 heterocycles. The van der Waals surface area contributed by atoms with E-state index >= 15 is 0 Å². The Balaban J connectivity index is 1.67. The molecule has 0 aliphatic heterocycles. The molecule has 0 spiro atoms. The van der Waals surface area contributed by atoms with Crippen molar-refractivity contribution in [2.24, 2.45) is 0 Å². The van der Waals surface area contributed by atoms with Gasteiger partial charge in [0.1, 0.15) is 22.6 Å². The molecule has 0 bridgehead atoms. The molecule has 10 nitrogen and oxygen atoms in total. The number of phenolic OH excluding ortho intramolecular Hbond substituents is 1. The lowest BCUT2D eigenvalue weighted by Crippen LogP contribution is -2.21. The second-order valence-corrected chi connectivity index (χ2v) is 10.0. The second kappa shape index (κ2) is 11.2. The summed E-state index contributed by atoms with van der Waals surface area (Å²) >= 11 is 1.08. The average molecular weight is 561 g/mol. The van der Waals surface area contributed by atoms with Gasteiger partial charge in [0.05, 0.1) is 17.8 Å². The standard InChI is InChI=1S/C18H18F6N5O5PS/c19-17(20,21)7-33-35(31,34-8-18(22,23)24)10-32-6-5-29-9-26-13-14(29)27-16(25)28-15(13)36-12-4-2-1-3-11(12)30/h1-4,9,30H,5-8,10H2,(H2,25,27,28). The third-order valence-electron chi connectivity index (χ3n) is 4.10. The van der Waals surface area contributed by atoms with Crippen LogP contribution in [0.15, 0.2) is 40.5 Å². The van der Waals surface area contributed by atoms with E-state index < -0.39 is 39.5 Å². The molecular formula is C18H18F6N5O5PS. The molecule has 0 aliphatic rings. The fraction of sp³-hybridized carbons (Fsp3) is 0.389. The van der Waals surface area contributed by atoms with Crippen LogP contribution in [0.4, 0.5) is 32.3 Å². The van der Waals surface area contributed by atoms with Crippen LogP contribution in [0, 0.1) is 0 Å². The third-order valence-corrected chi connectivity index (χ3v) is 6.68. The molecule has 0 aliphatic carbocycles. The van der Waals surface area contributed by atoms with E-state index in [0.717, 1.165) is 11.8 Å². The zero-order chi connectivity index (χ0) is 26.6. The molecule has 0 fully saturated rings. The molecule has 3 aromatic rings. The molecule has 0 saturated heterocycles. The van der Waals surface area contributed by atoms with Gasteiger partial charge in [-0.05, 0) is 12.1 Å². The van der Waals surface area contributed by atoms with Gasteiger partial charge in [0, 0.05) is 6.54 Å². The van der Waals surface area contributed by atoms with Crippen LogP contribution in [0.5, 0.6) is 5.75 Å². The number of hydrogen-bond acceptors (Lipinski definition) is 10. The van der Waals surface area contributed by atoms with Gasteiger partial charge in [0.2, 0.25) is 5.95 Å². The number of ether oxygens (including phenoxy) is 1. The number of nitrogen functional groups attached to an aromatic ring is 1. The Morgan fingerprint density at radius 1 is 1.06 bits per heavy atom. The van der Waals surface area contributed by atoms with Crippen LogP contribution in [0.3, 0.4) is 0 Å². The SMILES string of the molecule is Nc1nc(Sc2ccccc2O)c2ncn(CCOCP(=O)(OCC(F)(F)F)OCC(F)(F)F)c2n1. The Bertz CT molecular complexity index is 1220. The van der Waals surface area contributed by atoms with Crippen molar-refractivity contribution in [1.82, 2.24) is 19.5 Å². The maximum absolute atomic E-state index is 12.4. The van der Waals surface area contributed by atoms with Gasteiger partial charge < -0.3 is 20.1 Å². The smallest absolute Gasteiger partial charge is 0.412 e. The summed E-state index contributed by atoms with van der Waals surface area (Å²) in [5.41, 5.74) is 6.32. The fourth-order valence-electron chi connectivity index (χ4n) is 2.61. The third kappa shape index (κ3) is 8.23. The molecule has 36 heavy (non-hydrogen) atoms. The number of aromatic nitrogens is 4. The molecule has 0 unspecified atom stereocenters. The molecule has 18 heteroatoms. The molecule has 0 atom stereocenters. The summed E-state index contributed by atoms with van der Waals surface area (Å²) in [7, 11) is -4.89. The predicted molar refractivity (Wildman–Crippen MR) is 114 cm³/mol. The molecule has 3 rings (SSSR count). The van der Waals surface area contributed by atoms with Crippen LogP contribution in [0.2, 0.25) is 0 Å². The van der Waals surface area contributed by atoms with Crippen LogP contribution in [0.25, 0.3) is 11.2 Å². The van der Waals surface area contributed by atoms with Crippen LogP contribution >= 0.6 is 19.4 Å². The minimum atomic E-state index is -4.95. The van der Waals surface area contributed by atoms with Gasteiger partial charge in [-0.1, -0.05) is 23.9 Å². The van der Waals surface area contributed by atoms with Crippen molar-refractivity contribution in [3.05, 3.63) is 30.6 Å². The first-order valence-corrected chi connectivity index (χ1v) is 12.3. The lowest BCUT2D eigenvalue weighted by atomic mass is 10.3. The maximum atomic E-state index is 12.4. The number of phenols is 1. The van der Waals surface area contributed by atoms with Gasteiger partial charge in [-0.15, -0.1) is 0 Å². The first-order valence-electron chi connectivity index (χ1n) is 9.78. The Hall–Kier alpha value is -2.59. The monoisotopic (exact) mass is 561 g/mol. The largest absolute Gasteiger partial charge is 0.507 e. The Morgan fingerprint density at radius 2 is 1.69 bits per heavy atom. The Labute approximate surface area is 203 Å². The summed E-state index contributed by atoms with van der Waals surface area (Å²) in [5.74, 6) is -0.112. The van der Waals surface area contributed by atoms with Crippen molar-refractivity contribution in [2.75, 3.05) is 31.9 Å². The highest BCUT2D eigenvalue weighted by molar-refractivity contribution is 7.99. The van der Waals surface area contributed by atoms with Gasteiger partial charge in [0.15, 0.2) is 18.9 Å². The van der Waals surface area contributed by atoms with E-state index in [0.29, 0.717) is 15.4 Å². The number of imidazole rings is 1. The minimum Gasteiger partial charge on any atom is -0.507 e. The number of hydrogen-bond donors (Lipinski definition) is 2. The number of nitrogens with two attached hydrogens (primary N) is 1. The van der Waals surface area contributed by atoms with Crippen molar-refractivity contribution in [1.29, 1.82) is 0 Å². The number of fused-ring (bicyclic) bond motifs is 1. The normalized spacial score (nSPS) is 12.9. The van der Waals surface area contributed by atoms with Crippen molar-refractivity contribution < 1.29 is 49.8 Å². The van der Waals surface area contributed by atoms with E-state index in [-0.39, 0.29) is 30.5 Å². The maximum Gasteiger partial charge on any atom is 0.412 e. The van der Waals surface area contributed by atoms with Gasteiger partial charge >= 0.3 is 19.9 Å². The molecular weight excluding hydrogens is 543 g/mol. The molecule has 0 radical (unpaired) electrons. The summed E-state index contributed by atoms with van der Waals surface area (Å²) in [5, 5.41) is 10.3. The van der Waals surface area contributed by atoms with E-state index in [9.17, 15) is 36.0 Å². The molecule has 0 amide bonds. The quantitative estimate of drug-likeness (QED) is 0.148. The lowest BCUT2D eigenvalue weighted by Gasteiger charge is -2.20. The summed E-state index contributed by atoms with van der Waals surface area (Å²) in [6.45, 7) is -4.53. The highest BCUT2D eigenvalue weighted by Crippen LogP contribution is 2.50. The summed E-state index contributed by atoms with van der Waals surface area (Å²) in [6.07, 6.45) is -9.72. The van der Waals surface area contributed by atoms with E-state index in [1.807, 2.05) is 0 Å². The second-order valence-electron chi connectivity index (χ2n) is 6.99. The van der Waals surface area contributed by atoms with Crippen LogP contribution in [-0.4, -0.2) is 63.1 Å². The zero-order valence-electron chi connectivity index (χ0n) is 18.0. The van der Waals surface area contributed by atoms with Crippen molar-refractivity contribution in [3.8, 4) is 5.75 Å². The number of benzene rings is 1. The number of nitrogens with zero attached hydrogens (tertiary/aromatic N) is 4. The number of anilines is 1. The number of aromatic hydroxyl groups is 1. The topological polar surface area (TPSA) is 135 Å². The van der Waals surface area contributed by atoms with E-state index in [1.54, 1.807) is 18.2 Å². The molecule has 0 saturated carbocycles. The highest BCUT2D eigenvalue weighted by atomic mass is 32.2. The fourth-order valence-corrected chi connectivity index (χ4v) is 4.78. The van der Waals surface area contributed by atoms with E-state index in [2.05, 4.69) is 24.0 Å². The number of halogens is 6. The van der Waals surface area contributed by atoms with Crippen LogP contribution < -0.4 is 5.73 Å². The van der Waals surface area contributed by atoms with E-state index in [1.165, 1.54) is 17.0 Å². The predicted octanol–water partition coefficient (Wildman–Crippen LogP) is 4.59. The average Bonchev–Trinajstić information content (AvgIpc) is 3.18. The van der Waals surface area contributed by atoms with E-state index in [4.69, 9.17) is 10.5 Å². The highest BCUT2D eigenvalue weighted by Gasteiger charge is 2.38. The van der Waals surface area contributed by atoms with Crippen LogP contribution in [-0.2, 0) is 24.9 Å². The summed E-state index contributed by atoms with van der Waals surface area (Å²) < 4.78 is 101. The zero-order valence-corrected chi connectivity index (χ0v) is 19.7. The van der Waals surface area contributed by atoms with Crippen molar-refractivity contribution in [3.63, 3.8) is 0 Å². The van der Waals surface area contributed by atoms with Gasteiger partial charge in [-0.25, -0.2) is 9.97 Å². The Kier molecular flexibility index (Phi) is 8.71. The lowest BCUT2D eigenvalue weighted by molar-refractivity contribution is -0.166. The number of alkyl halides is 6. The molecule has 3 N–H and O–H groups in total. The number of para-hydroxylation sites is 1. The summed E-state index contributed by atoms with van der Waals surface area (Å²) in [6, 6.07) is 6.47. The van der Waals surface area contributed by atoms with Gasteiger partial charge in [0.25, 0.3) is 0 Å². The van der Waals surface area contributed by atoms with Crippen molar-refractivity contribution >= 4 is 36.5 Å². The molecule has 198 valence electrons. The van der Waals surface area contributed by atoms with Gasteiger partial charge in [-0.3, -0.25) is 13.6 Å².